The molecule has 3 nitrogen and oxygen atoms in total. The highest BCUT2D eigenvalue weighted by Gasteiger charge is 2.58. The van der Waals surface area contributed by atoms with Crippen molar-refractivity contribution in [3.05, 3.63) is 12.2 Å². The van der Waals surface area contributed by atoms with Gasteiger partial charge in [-0.25, -0.2) is 8.42 Å². The minimum Gasteiger partial charge on any atom is -0.289 e. The van der Waals surface area contributed by atoms with Crippen molar-refractivity contribution < 1.29 is 26.4 Å². The molecule has 0 heterocycles. The van der Waals surface area contributed by atoms with Crippen molar-refractivity contribution in [3.63, 3.8) is 0 Å². The summed E-state index contributed by atoms with van der Waals surface area (Å²) in [5, 5.41) is -1.22. The zero-order chi connectivity index (χ0) is 13.0. The molecule has 1 fully saturated rings. The predicted molar refractivity (Wildman–Crippen MR) is 53.9 cm³/mol. The second kappa shape index (κ2) is 3.57. The number of sulfone groups is 1. The molecular weight excluding hydrogens is 257 g/mol. The molecule has 96 valence electrons. The van der Waals surface area contributed by atoms with Gasteiger partial charge in [0.25, 0.3) is 0 Å². The van der Waals surface area contributed by atoms with Crippen LogP contribution >= 0.6 is 0 Å². The van der Waals surface area contributed by atoms with Crippen molar-refractivity contribution >= 4 is 15.6 Å². The van der Waals surface area contributed by atoms with Crippen LogP contribution in [0.25, 0.3) is 0 Å². The second-order valence-corrected chi connectivity index (χ2v) is 6.83. The summed E-state index contributed by atoms with van der Waals surface area (Å²) in [6.45, 7) is 0. The molecule has 0 saturated heterocycles. The summed E-state index contributed by atoms with van der Waals surface area (Å²) in [7, 11) is -3.66. The normalized spacial score (nSPS) is 36.5. The Morgan fingerprint density at radius 3 is 2.24 bits per heavy atom. The Bertz CT molecular complexity index is 478. The smallest absolute Gasteiger partial charge is 0.289 e. The van der Waals surface area contributed by atoms with Crippen LogP contribution in [-0.2, 0) is 14.6 Å². The molecule has 2 aliphatic rings. The van der Waals surface area contributed by atoms with Crippen molar-refractivity contribution in [2.24, 2.45) is 17.8 Å². The summed E-state index contributed by atoms with van der Waals surface area (Å²) < 4.78 is 60.3. The van der Waals surface area contributed by atoms with E-state index in [1.807, 2.05) is 0 Å². The molecule has 7 heteroatoms. The SMILES string of the molecule is CS(=O)(=O)[C@H]1[C@H](C(=O)C(F)(F)F)[C@@H]2C=C[C@H]1C2. The Balaban J connectivity index is 2.40. The minimum atomic E-state index is -4.97. The van der Waals surface area contributed by atoms with E-state index in [0.717, 1.165) is 6.26 Å². The van der Waals surface area contributed by atoms with Gasteiger partial charge in [-0.1, -0.05) is 12.2 Å². The molecule has 0 aliphatic heterocycles. The van der Waals surface area contributed by atoms with E-state index in [0.29, 0.717) is 6.42 Å². The van der Waals surface area contributed by atoms with Crippen molar-refractivity contribution in [3.8, 4) is 0 Å². The highest BCUT2D eigenvalue weighted by molar-refractivity contribution is 7.91. The molecule has 1 saturated carbocycles. The van der Waals surface area contributed by atoms with Gasteiger partial charge in [-0.3, -0.25) is 4.79 Å². The molecule has 4 atom stereocenters. The summed E-state index contributed by atoms with van der Waals surface area (Å²) in [5.41, 5.74) is 0. The average molecular weight is 268 g/mol. The lowest BCUT2D eigenvalue weighted by Gasteiger charge is -2.25. The van der Waals surface area contributed by atoms with E-state index in [2.05, 4.69) is 0 Å². The summed E-state index contributed by atoms with van der Waals surface area (Å²) >= 11 is 0. The van der Waals surface area contributed by atoms with Gasteiger partial charge < -0.3 is 0 Å². The first kappa shape index (κ1) is 12.6. The molecule has 0 aromatic rings. The van der Waals surface area contributed by atoms with Gasteiger partial charge in [-0.2, -0.15) is 13.2 Å². The third kappa shape index (κ3) is 2.00. The summed E-state index contributed by atoms with van der Waals surface area (Å²) in [5.74, 6) is -4.41. The third-order valence-electron chi connectivity index (χ3n) is 3.46. The minimum absolute atomic E-state index is 0.324. The number of fused-ring (bicyclic) bond motifs is 2. The lowest BCUT2D eigenvalue weighted by molar-refractivity contribution is -0.176. The maximum Gasteiger partial charge on any atom is 0.450 e. The predicted octanol–water partition coefficient (Wildman–Crippen LogP) is 1.35. The topological polar surface area (TPSA) is 51.2 Å². The van der Waals surface area contributed by atoms with E-state index < -0.39 is 44.8 Å². The number of ketones is 1. The van der Waals surface area contributed by atoms with E-state index in [1.54, 1.807) is 6.08 Å². The monoisotopic (exact) mass is 268 g/mol. The van der Waals surface area contributed by atoms with E-state index in [4.69, 9.17) is 0 Å². The quantitative estimate of drug-likeness (QED) is 0.710. The fourth-order valence-electron chi connectivity index (χ4n) is 2.89. The molecule has 2 bridgehead atoms. The fourth-order valence-corrected chi connectivity index (χ4v) is 4.59. The molecule has 2 aliphatic carbocycles. The Morgan fingerprint density at radius 1 is 1.24 bits per heavy atom. The number of halogens is 3. The molecule has 0 amide bonds. The lowest BCUT2D eigenvalue weighted by Crippen LogP contribution is -2.43. The first-order valence-electron chi connectivity index (χ1n) is 5.10. The van der Waals surface area contributed by atoms with E-state index in [9.17, 15) is 26.4 Å². The molecule has 17 heavy (non-hydrogen) atoms. The van der Waals surface area contributed by atoms with Crippen LogP contribution in [0.15, 0.2) is 12.2 Å². The zero-order valence-corrected chi connectivity index (χ0v) is 9.75. The molecule has 0 aromatic heterocycles. The van der Waals surface area contributed by atoms with E-state index in [1.165, 1.54) is 6.08 Å². The largest absolute Gasteiger partial charge is 0.450 e. The number of allylic oxidation sites excluding steroid dienone is 2. The maximum absolute atomic E-state index is 12.4. The number of Topliss-reactive ketones (excluding diaryl/α,β-unsaturated/α-hetero) is 1. The number of carbonyl (C=O) groups is 1. The summed E-state index contributed by atoms with van der Waals surface area (Å²) in [6, 6.07) is 0. The Morgan fingerprint density at radius 2 is 1.76 bits per heavy atom. The van der Waals surface area contributed by atoms with Crippen LogP contribution in [0.5, 0.6) is 0 Å². The van der Waals surface area contributed by atoms with Crippen molar-refractivity contribution in [2.75, 3.05) is 6.26 Å². The van der Waals surface area contributed by atoms with Crippen LogP contribution in [0.2, 0.25) is 0 Å². The van der Waals surface area contributed by atoms with Crippen LogP contribution in [0.1, 0.15) is 6.42 Å². The number of hydrogen-bond donors (Lipinski definition) is 0. The Kier molecular flexibility index (Phi) is 2.65. The number of rotatable bonds is 2. The highest BCUT2D eigenvalue weighted by Crippen LogP contribution is 2.48. The van der Waals surface area contributed by atoms with Gasteiger partial charge in [-0.15, -0.1) is 0 Å². The van der Waals surface area contributed by atoms with Gasteiger partial charge in [0.15, 0.2) is 9.84 Å². The molecule has 0 unspecified atom stereocenters. The first-order chi connectivity index (χ1) is 7.62. The number of hydrogen-bond acceptors (Lipinski definition) is 3. The number of carbonyl (C=O) groups excluding carboxylic acids is 1. The molecule has 0 spiro atoms. The van der Waals surface area contributed by atoms with Gasteiger partial charge in [0, 0.05) is 6.26 Å². The third-order valence-corrected chi connectivity index (χ3v) is 5.10. The van der Waals surface area contributed by atoms with Crippen molar-refractivity contribution in [2.45, 2.75) is 17.8 Å². The zero-order valence-electron chi connectivity index (χ0n) is 8.94. The van der Waals surface area contributed by atoms with Crippen LogP contribution in [0.3, 0.4) is 0 Å². The van der Waals surface area contributed by atoms with Gasteiger partial charge in [0.1, 0.15) is 0 Å². The number of alkyl halides is 3. The lowest BCUT2D eigenvalue weighted by atomic mass is 9.89. The van der Waals surface area contributed by atoms with Crippen LogP contribution < -0.4 is 0 Å². The summed E-state index contributed by atoms with van der Waals surface area (Å²) in [4.78, 5) is 11.3. The molecular formula is C10H11F3O3S. The highest BCUT2D eigenvalue weighted by atomic mass is 32.2. The maximum atomic E-state index is 12.4. The van der Waals surface area contributed by atoms with Crippen LogP contribution in [-0.4, -0.2) is 31.9 Å². The van der Waals surface area contributed by atoms with Crippen molar-refractivity contribution in [1.29, 1.82) is 0 Å². The average Bonchev–Trinajstić information content (AvgIpc) is 2.71. The van der Waals surface area contributed by atoms with E-state index in [-0.39, 0.29) is 0 Å². The van der Waals surface area contributed by atoms with Gasteiger partial charge in [0.2, 0.25) is 5.78 Å². The van der Waals surface area contributed by atoms with Crippen molar-refractivity contribution in [1.82, 2.24) is 0 Å². The fraction of sp³-hybridized carbons (Fsp3) is 0.700. The van der Waals surface area contributed by atoms with Gasteiger partial charge >= 0.3 is 6.18 Å². The Hall–Kier alpha value is -0.850. The molecule has 2 rings (SSSR count). The van der Waals surface area contributed by atoms with Gasteiger partial charge in [0.05, 0.1) is 11.2 Å². The molecule has 0 radical (unpaired) electrons. The van der Waals surface area contributed by atoms with Crippen LogP contribution in [0.4, 0.5) is 13.2 Å². The molecule has 0 aromatic carbocycles. The Labute approximate surface area is 96.6 Å². The standard InChI is InChI=1S/C10H11F3O3S/c1-17(15,16)8-6-3-2-5(4-6)7(8)9(14)10(11,12)13/h2-3,5-8H,4H2,1H3/t5-,6+,7-,8-/m1/s1. The van der Waals surface area contributed by atoms with Gasteiger partial charge in [-0.05, 0) is 18.3 Å². The van der Waals surface area contributed by atoms with E-state index >= 15 is 0 Å². The molecule has 0 N–H and O–H groups in total. The van der Waals surface area contributed by atoms with Crippen LogP contribution in [0, 0.1) is 17.8 Å². The second-order valence-electron chi connectivity index (χ2n) is 4.63. The summed E-state index contributed by atoms with van der Waals surface area (Å²) in [6.07, 6.45) is -0.615. The first-order valence-corrected chi connectivity index (χ1v) is 7.06.